The molecule has 1 rings (SSSR count). The van der Waals surface area contributed by atoms with Gasteiger partial charge in [0.15, 0.2) is 0 Å². The summed E-state index contributed by atoms with van der Waals surface area (Å²) < 4.78 is 5.36. The van der Waals surface area contributed by atoms with Crippen LogP contribution in [-0.2, 0) is 11.2 Å². The van der Waals surface area contributed by atoms with Crippen molar-refractivity contribution in [1.82, 2.24) is 0 Å². The molecule has 0 aliphatic rings. The first-order chi connectivity index (χ1) is 7.63. The third-order valence-corrected chi connectivity index (χ3v) is 2.96. The lowest BCUT2D eigenvalue weighted by Crippen LogP contribution is -2.34. The van der Waals surface area contributed by atoms with Crippen LogP contribution >= 0.6 is 0 Å². The van der Waals surface area contributed by atoms with E-state index in [0.717, 1.165) is 18.7 Å². The summed E-state index contributed by atoms with van der Waals surface area (Å²) in [7, 11) is 1.73. The molecule has 0 aliphatic carbocycles. The summed E-state index contributed by atoms with van der Waals surface area (Å²) >= 11 is 0. The summed E-state index contributed by atoms with van der Waals surface area (Å²) in [5.41, 5.74) is 9.13. The molecule has 3 heteroatoms. The molecule has 0 bridgehead atoms. The maximum Gasteiger partial charge on any atom is 0.126 e. The lowest BCUT2D eigenvalue weighted by Gasteiger charge is -2.29. The molecule has 0 amide bonds. The number of nitrogens with two attached hydrogens (primary N) is 1. The first-order valence-corrected chi connectivity index (χ1v) is 5.81. The number of aryl methyl sites for hydroxylation is 1. The van der Waals surface area contributed by atoms with E-state index in [4.69, 9.17) is 10.5 Å². The van der Waals surface area contributed by atoms with E-state index in [1.54, 1.807) is 7.11 Å². The largest absolute Gasteiger partial charge is 0.399 e. The number of hydrogen-bond acceptors (Lipinski definition) is 3. The molecule has 16 heavy (non-hydrogen) atoms. The fourth-order valence-corrected chi connectivity index (χ4v) is 1.85. The van der Waals surface area contributed by atoms with Gasteiger partial charge in [0, 0.05) is 25.0 Å². The van der Waals surface area contributed by atoms with E-state index in [1.165, 1.54) is 11.3 Å². The van der Waals surface area contributed by atoms with Gasteiger partial charge in [-0.25, -0.2) is 0 Å². The van der Waals surface area contributed by atoms with Crippen LogP contribution in [0.5, 0.6) is 0 Å². The number of nitrogen functional groups attached to an aromatic ring is 1. The standard InChI is InChI=1S/C13H22N2O/c1-5-11-9-12(7-8-13(11)14)15(6-2)10(3)16-4/h7-10H,5-6,14H2,1-4H3. The van der Waals surface area contributed by atoms with Crippen molar-refractivity contribution in [3.05, 3.63) is 23.8 Å². The Morgan fingerprint density at radius 2 is 2.06 bits per heavy atom. The molecule has 90 valence electrons. The van der Waals surface area contributed by atoms with Gasteiger partial charge in [-0.3, -0.25) is 0 Å². The fraction of sp³-hybridized carbons (Fsp3) is 0.538. The molecular weight excluding hydrogens is 200 g/mol. The third kappa shape index (κ3) is 2.67. The summed E-state index contributed by atoms with van der Waals surface area (Å²) in [6.45, 7) is 7.20. The van der Waals surface area contributed by atoms with Crippen LogP contribution in [0.1, 0.15) is 26.3 Å². The number of benzene rings is 1. The zero-order chi connectivity index (χ0) is 12.1. The summed E-state index contributed by atoms with van der Waals surface area (Å²) in [6, 6.07) is 6.17. The minimum absolute atomic E-state index is 0.0818. The molecule has 1 aromatic carbocycles. The second kappa shape index (κ2) is 5.75. The normalized spacial score (nSPS) is 12.5. The van der Waals surface area contributed by atoms with E-state index in [2.05, 4.69) is 24.8 Å². The summed E-state index contributed by atoms with van der Waals surface area (Å²) in [6.07, 6.45) is 1.04. The molecule has 1 aromatic rings. The minimum Gasteiger partial charge on any atom is -0.399 e. The van der Waals surface area contributed by atoms with Crippen LogP contribution in [-0.4, -0.2) is 19.9 Å². The summed E-state index contributed by atoms with van der Waals surface area (Å²) in [5, 5.41) is 0. The van der Waals surface area contributed by atoms with Gasteiger partial charge in [-0.1, -0.05) is 6.92 Å². The predicted molar refractivity (Wildman–Crippen MR) is 69.7 cm³/mol. The number of anilines is 2. The van der Waals surface area contributed by atoms with Gasteiger partial charge in [-0.05, 0) is 44.0 Å². The van der Waals surface area contributed by atoms with Crippen molar-refractivity contribution < 1.29 is 4.74 Å². The molecule has 0 aliphatic heterocycles. The second-order valence-electron chi connectivity index (χ2n) is 3.86. The van der Waals surface area contributed by atoms with Gasteiger partial charge in [-0.15, -0.1) is 0 Å². The van der Waals surface area contributed by atoms with Gasteiger partial charge in [0.25, 0.3) is 0 Å². The van der Waals surface area contributed by atoms with Crippen molar-refractivity contribution in [2.75, 3.05) is 24.3 Å². The Balaban J connectivity index is 3.01. The lowest BCUT2D eigenvalue weighted by molar-refractivity contribution is 0.115. The van der Waals surface area contributed by atoms with Crippen molar-refractivity contribution in [2.24, 2.45) is 0 Å². The number of hydrogen-bond donors (Lipinski definition) is 1. The van der Waals surface area contributed by atoms with Gasteiger partial charge in [0.05, 0.1) is 0 Å². The van der Waals surface area contributed by atoms with Crippen LogP contribution in [0, 0.1) is 0 Å². The van der Waals surface area contributed by atoms with E-state index in [0.29, 0.717) is 0 Å². The van der Waals surface area contributed by atoms with Crippen molar-refractivity contribution >= 4 is 11.4 Å². The molecule has 0 radical (unpaired) electrons. The average Bonchev–Trinajstić information content (AvgIpc) is 2.31. The van der Waals surface area contributed by atoms with Crippen LogP contribution in [0.3, 0.4) is 0 Å². The second-order valence-corrected chi connectivity index (χ2v) is 3.86. The zero-order valence-corrected chi connectivity index (χ0v) is 10.7. The van der Waals surface area contributed by atoms with E-state index < -0.39 is 0 Å². The topological polar surface area (TPSA) is 38.5 Å². The predicted octanol–water partition coefficient (Wildman–Crippen LogP) is 2.65. The molecule has 1 atom stereocenters. The molecule has 1 unspecified atom stereocenters. The molecule has 2 N–H and O–H groups in total. The number of nitrogens with zero attached hydrogens (tertiary/aromatic N) is 1. The number of methoxy groups -OCH3 is 1. The summed E-state index contributed by atoms with van der Waals surface area (Å²) in [5.74, 6) is 0. The van der Waals surface area contributed by atoms with Gasteiger partial charge >= 0.3 is 0 Å². The molecule has 0 spiro atoms. The Morgan fingerprint density at radius 1 is 1.38 bits per heavy atom. The Morgan fingerprint density at radius 3 is 2.56 bits per heavy atom. The van der Waals surface area contributed by atoms with Crippen molar-refractivity contribution in [2.45, 2.75) is 33.4 Å². The highest BCUT2D eigenvalue weighted by Gasteiger charge is 2.12. The Labute approximate surface area is 98.2 Å². The highest BCUT2D eigenvalue weighted by Crippen LogP contribution is 2.23. The van der Waals surface area contributed by atoms with E-state index in [9.17, 15) is 0 Å². The van der Waals surface area contributed by atoms with Crippen LogP contribution < -0.4 is 10.6 Å². The molecule has 0 saturated heterocycles. The third-order valence-electron chi connectivity index (χ3n) is 2.96. The number of rotatable bonds is 5. The zero-order valence-electron chi connectivity index (χ0n) is 10.7. The number of ether oxygens (including phenoxy) is 1. The fourth-order valence-electron chi connectivity index (χ4n) is 1.85. The SMILES string of the molecule is CCc1cc(N(CC)C(C)OC)ccc1N. The van der Waals surface area contributed by atoms with Gasteiger partial charge in [-0.2, -0.15) is 0 Å². The molecule has 0 fully saturated rings. The Kier molecular flexibility index (Phi) is 4.62. The van der Waals surface area contributed by atoms with Crippen LogP contribution in [0.25, 0.3) is 0 Å². The Hall–Kier alpha value is -1.22. The molecule has 0 saturated carbocycles. The molecule has 0 heterocycles. The highest BCUT2D eigenvalue weighted by molar-refractivity contribution is 5.58. The maximum atomic E-state index is 5.90. The van der Waals surface area contributed by atoms with Gasteiger partial charge < -0.3 is 15.4 Å². The molecular formula is C13H22N2O. The van der Waals surface area contributed by atoms with Gasteiger partial charge in [0.1, 0.15) is 6.23 Å². The van der Waals surface area contributed by atoms with Crippen molar-refractivity contribution in [1.29, 1.82) is 0 Å². The smallest absolute Gasteiger partial charge is 0.126 e. The Bertz CT molecular complexity index is 339. The van der Waals surface area contributed by atoms with Crippen molar-refractivity contribution in [3.8, 4) is 0 Å². The molecule has 3 nitrogen and oxygen atoms in total. The maximum absolute atomic E-state index is 5.90. The first kappa shape index (κ1) is 12.8. The van der Waals surface area contributed by atoms with E-state index >= 15 is 0 Å². The quantitative estimate of drug-likeness (QED) is 0.615. The van der Waals surface area contributed by atoms with E-state index in [-0.39, 0.29) is 6.23 Å². The molecule has 0 aromatic heterocycles. The van der Waals surface area contributed by atoms with Crippen molar-refractivity contribution in [3.63, 3.8) is 0 Å². The first-order valence-electron chi connectivity index (χ1n) is 5.81. The summed E-state index contributed by atoms with van der Waals surface area (Å²) in [4.78, 5) is 2.21. The van der Waals surface area contributed by atoms with Gasteiger partial charge in [0.2, 0.25) is 0 Å². The van der Waals surface area contributed by atoms with Crippen LogP contribution in [0.15, 0.2) is 18.2 Å². The van der Waals surface area contributed by atoms with Crippen LogP contribution in [0.2, 0.25) is 0 Å². The van der Waals surface area contributed by atoms with Crippen LogP contribution in [0.4, 0.5) is 11.4 Å². The highest BCUT2D eigenvalue weighted by atomic mass is 16.5. The lowest BCUT2D eigenvalue weighted by atomic mass is 10.1. The average molecular weight is 222 g/mol. The minimum atomic E-state index is 0.0818. The monoisotopic (exact) mass is 222 g/mol. The van der Waals surface area contributed by atoms with E-state index in [1.807, 2.05) is 19.1 Å².